The number of carbonyl (C=O) groups excluding carboxylic acids is 1. The summed E-state index contributed by atoms with van der Waals surface area (Å²) in [5.74, 6) is 1.39. The van der Waals surface area contributed by atoms with Gasteiger partial charge in [-0.25, -0.2) is 0 Å². The van der Waals surface area contributed by atoms with Crippen LogP contribution in [0, 0.1) is 12.8 Å². The number of benzene rings is 1. The van der Waals surface area contributed by atoms with E-state index < -0.39 is 0 Å². The number of allylic oxidation sites excluding steroid dienone is 6. The van der Waals surface area contributed by atoms with Crippen LogP contribution in [0.5, 0.6) is 0 Å². The number of Topliss-reactive ketones (excluding diaryl/α,β-unsaturated/α-hetero) is 1. The SMILES string of the molecule is C=C/C(=C\C=C\OC1=CCC(C(=O)c2ccc(C)cc2)C=C1)OC. The first-order chi connectivity index (χ1) is 11.6. The average molecular weight is 322 g/mol. The molecule has 0 spiro atoms. The van der Waals surface area contributed by atoms with Crippen LogP contribution in [0.25, 0.3) is 0 Å². The molecule has 0 aliphatic heterocycles. The molecule has 24 heavy (non-hydrogen) atoms. The third-order valence-corrected chi connectivity index (χ3v) is 3.72. The molecular formula is C21H22O3. The van der Waals surface area contributed by atoms with Gasteiger partial charge in [-0.2, -0.15) is 0 Å². The Bertz CT molecular complexity index is 703. The maximum atomic E-state index is 12.5. The summed E-state index contributed by atoms with van der Waals surface area (Å²) in [4.78, 5) is 12.5. The van der Waals surface area contributed by atoms with Crippen molar-refractivity contribution in [2.45, 2.75) is 13.3 Å². The Morgan fingerprint density at radius 1 is 1.29 bits per heavy atom. The summed E-state index contributed by atoms with van der Waals surface area (Å²) in [7, 11) is 1.58. The molecule has 0 saturated carbocycles. The van der Waals surface area contributed by atoms with Crippen molar-refractivity contribution >= 4 is 5.78 Å². The van der Waals surface area contributed by atoms with E-state index in [-0.39, 0.29) is 11.7 Å². The highest BCUT2D eigenvalue weighted by Crippen LogP contribution is 2.21. The highest BCUT2D eigenvalue weighted by Gasteiger charge is 2.19. The highest BCUT2D eigenvalue weighted by molar-refractivity contribution is 5.99. The molecule has 124 valence electrons. The summed E-state index contributed by atoms with van der Waals surface area (Å²) in [6.07, 6.45) is 13.0. The van der Waals surface area contributed by atoms with Crippen LogP contribution in [0.3, 0.4) is 0 Å². The molecule has 2 rings (SSSR count). The van der Waals surface area contributed by atoms with Gasteiger partial charge in [0.05, 0.1) is 13.4 Å². The molecule has 0 aromatic heterocycles. The van der Waals surface area contributed by atoms with E-state index in [4.69, 9.17) is 9.47 Å². The van der Waals surface area contributed by atoms with Gasteiger partial charge in [-0.1, -0.05) is 42.5 Å². The lowest BCUT2D eigenvalue weighted by atomic mass is 9.91. The van der Waals surface area contributed by atoms with Crippen LogP contribution in [0.4, 0.5) is 0 Å². The molecule has 0 amide bonds. The van der Waals surface area contributed by atoms with Crippen molar-refractivity contribution in [2.75, 3.05) is 7.11 Å². The normalized spacial score (nSPS) is 17.5. The van der Waals surface area contributed by atoms with Crippen LogP contribution in [0.1, 0.15) is 22.3 Å². The van der Waals surface area contributed by atoms with Gasteiger partial charge in [-0.05, 0) is 43.7 Å². The molecule has 3 heteroatoms. The maximum Gasteiger partial charge on any atom is 0.170 e. The molecule has 1 aromatic rings. The number of hydrogen-bond acceptors (Lipinski definition) is 3. The van der Waals surface area contributed by atoms with Gasteiger partial charge in [0.1, 0.15) is 11.5 Å². The molecule has 1 aliphatic carbocycles. The van der Waals surface area contributed by atoms with Crippen LogP contribution in [-0.2, 0) is 9.47 Å². The van der Waals surface area contributed by atoms with Crippen LogP contribution in [0.2, 0.25) is 0 Å². The Kier molecular flexibility index (Phi) is 6.38. The monoisotopic (exact) mass is 322 g/mol. The van der Waals surface area contributed by atoms with Crippen LogP contribution in [-0.4, -0.2) is 12.9 Å². The quantitative estimate of drug-likeness (QED) is 0.407. The Morgan fingerprint density at radius 3 is 2.62 bits per heavy atom. The smallest absolute Gasteiger partial charge is 0.170 e. The van der Waals surface area contributed by atoms with Crippen molar-refractivity contribution in [3.8, 4) is 0 Å². The number of rotatable bonds is 7. The van der Waals surface area contributed by atoms with E-state index in [2.05, 4.69) is 6.58 Å². The topological polar surface area (TPSA) is 35.5 Å². The summed E-state index contributed by atoms with van der Waals surface area (Å²) in [5.41, 5.74) is 1.89. The van der Waals surface area contributed by atoms with Crippen LogP contribution < -0.4 is 0 Å². The molecule has 0 saturated heterocycles. The molecular weight excluding hydrogens is 300 g/mol. The number of aryl methyl sites for hydroxylation is 1. The van der Waals surface area contributed by atoms with E-state index in [1.807, 2.05) is 49.4 Å². The fourth-order valence-electron chi connectivity index (χ4n) is 2.29. The summed E-state index contributed by atoms with van der Waals surface area (Å²) in [5, 5.41) is 0. The van der Waals surface area contributed by atoms with Crippen molar-refractivity contribution < 1.29 is 14.3 Å². The number of ketones is 1. The van der Waals surface area contributed by atoms with Gasteiger partial charge in [0.15, 0.2) is 5.78 Å². The second kappa shape index (κ2) is 8.73. The van der Waals surface area contributed by atoms with E-state index in [0.29, 0.717) is 12.2 Å². The van der Waals surface area contributed by atoms with Gasteiger partial charge in [-0.3, -0.25) is 4.79 Å². The van der Waals surface area contributed by atoms with Crippen LogP contribution >= 0.6 is 0 Å². The molecule has 0 fully saturated rings. The third kappa shape index (κ3) is 4.85. The summed E-state index contributed by atoms with van der Waals surface area (Å²) < 4.78 is 10.6. The van der Waals surface area contributed by atoms with Gasteiger partial charge >= 0.3 is 0 Å². The number of carbonyl (C=O) groups is 1. The molecule has 1 aliphatic rings. The summed E-state index contributed by atoms with van der Waals surface area (Å²) in [6, 6.07) is 7.67. The lowest BCUT2D eigenvalue weighted by molar-refractivity contribution is 0.0944. The largest absolute Gasteiger partial charge is 0.497 e. The summed E-state index contributed by atoms with van der Waals surface area (Å²) in [6.45, 7) is 5.64. The lowest BCUT2D eigenvalue weighted by Crippen LogP contribution is -2.14. The zero-order valence-corrected chi connectivity index (χ0v) is 14.1. The van der Waals surface area contributed by atoms with Crippen molar-refractivity contribution in [3.63, 3.8) is 0 Å². The Balaban J connectivity index is 1.90. The van der Waals surface area contributed by atoms with Gasteiger partial charge in [0.25, 0.3) is 0 Å². The molecule has 1 unspecified atom stereocenters. The fourth-order valence-corrected chi connectivity index (χ4v) is 2.29. The van der Waals surface area contributed by atoms with E-state index >= 15 is 0 Å². The highest BCUT2D eigenvalue weighted by atomic mass is 16.5. The minimum atomic E-state index is -0.134. The number of methoxy groups -OCH3 is 1. The molecule has 0 heterocycles. The number of ether oxygens (including phenoxy) is 2. The van der Waals surface area contributed by atoms with E-state index in [1.165, 1.54) is 0 Å². The molecule has 1 atom stereocenters. The van der Waals surface area contributed by atoms with Gasteiger partial charge < -0.3 is 9.47 Å². The molecule has 3 nitrogen and oxygen atoms in total. The third-order valence-electron chi connectivity index (χ3n) is 3.72. The van der Waals surface area contributed by atoms with Gasteiger partial charge in [0.2, 0.25) is 0 Å². The molecule has 0 N–H and O–H groups in total. The Labute approximate surface area is 143 Å². The molecule has 1 aromatic carbocycles. The molecule has 0 bridgehead atoms. The van der Waals surface area contributed by atoms with Gasteiger partial charge in [0, 0.05) is 11.5 Å². The Morgan fingerprint density at radius 2 is 2.04 bits per heavy atom. The zero-order chi connectivity index (χ0) is 17.4. The predicted octanol–water partition coefficient (Wildman–Crippen LogP) is 4.88. The first-order valence-corrected chi connectivity index (χ1v) is 7.83. The number of hydrogen-bond donors (Lipinski definition) is 0. The van der Waals surface area contributed by atoms with E-state index in [0.717, 1.165) is 16.9 Å². The first kappa shape index (κ1) is 17.5. The zero-order valence-electron chi connectivity index (χ0n) is 14.1. The predicted molar refractivity (Wildman–Crippen MR) is 96.4 cm³/mol. The average Bonchev–Trinajstić information content (AvgIpc) is 2.62. The van der Waals surface area contributed by atoms with Gasteiger partial charge in [-0.15, -0.1) is 0 Å². The van der Waals surface area contributed by atoms with Crippen LogP contribution in [0.15, 0.2) is 85.1 Å². The second-order valence-corrected chi connectivity index (χ2v) is 5.46. The lowest BCUT2D eigenvalue weighted by Gasteiger charge is -2.14. The first-order valence-electron chi connectivity index (χ1n) is 7.83. The molecule has 0 radical (unpaired) electrons. The van der Waals surface area contributed by atoms with Crippen molar-refractivity contribution in [3.05, 3.63) is 96.2 Å². The van der Waals surface area contributed by atoms with Crippen molar-refractivity contribution in [2.24, 2.45) is 5.92 Å². The van der Waals surface area contributed by atoms with Crippen molar-refractivity contribution in [1.82, 2.24) is 0 Å². The standard InChI is InChI=1S/C21H22O3/c1-4-19(23-3)6-5-15-24-20-13-11-18(12-14-20)21(22)17-9-7-16(2)8-10-17/h4-11,13-15,18H,1,12H2,2-3H3/b15-5+,19-6+. The maximum absolute atomic E-state index is 12.5. The fraction of sp³-hybridized carbons (Fsp3) is 0.190. The van der Waals surface area contributed by atoms with E-state index in [9.17, 15) is 4.79 Å². The minimum Gasteiger partial charge on any atom is -0.497 e. The Hall–Kier alpha value is -2.81. The minimum absolute atomic E-state index is 0.134. The summed E-state index contributed by atoms with van der Waals surface area (Å²) >= 11 is 0. The van der Waals surface area contributed by atoms with Crippen molar-refractivity contribution in [1.29, 1.82) is 0 Å². The van der Waals surface area contributed by atoms with E-state index in [1.54, 1.807) is 31.6 Å². The second-order valence-electron chi connectivity index (χ2n) is 5.46.